The van der Waals surface area contributed by atoms with Crippen molar-refractivity contribution in [1.82, 2.24) is 0 Å². The Bertz CT molecular complexity index is 1630. The molecule has 0 unspecified atom stereocenters. The van der Waals surface area contributed by atoms with E-state index in [0.29, 0.717) is 11.1 Å². The van der Waals surface area contributed by atoms with Gasteiger partial charge in [0.25, 0.3) is 0 Å². The highest BCUT2D eigenvalue weighted by atomic mass is 19.4. The molecule has 0 heterocycles. The molecule has 0 saturated heterocycles. The summed E-state index contributed by atoms with van der Waals surface area (Å²) in [5.41, 5.74) is 7.18. The molecule has 0 aromatic heterocycles. The van der Waals surface area contributed by atoms with E-state index in [2.05, 4.69) is 0 Å². The van der Waals surface area contributed by atoms with Gasteiger partial charge >= 0.3 is 12.4 Å². The largest absolute Gasteiger partial charge is 0.416 e. The minimum Gasteiger partial charge on any atom is -0.166 e. The topological polar surface area (TPSA) is 0 Å². The lowest BCUT2D eigenvalue weighted by molar-refractivity contribution is -0.138. The van der Waals surface area contributed by atoms with Crippen LogP contribution in [0, 0.1) is 13.8 Å². The van der Waals surface area contributed by atoms with Crippen LogP contribution in [0.5, 0.6) is 0 Å². The summed E-state index contributed by atoms with van der Waals surface area (Å²) in [6, 6.07) is 33.7. The van der Waals surface area contributed by atoms with Crippen molar-refractivity contribution in [1.29, 1.82) is 0 Å². The van der Waals surface area contributed by atoms with Crippen LogP contribution >= 0.6 is 0 Å². The van der Waals surface area contributed by atoms with Gasteiger partial charge in [0.1, 0.15) is 0 Å². The molecule has 0 atom stereocenters. The van der Waals surface area contributed by atoms with Gasteiger partial charge < -0.3 is 0 Å². The summed E-state index contributed by atoms with van der Waals surface area (Å²) >= 11 is 0. The Morgan fingerprint density at radius 1 is 0.386 bits per heavy atom. The molecule has 0 saturated carbocycles. The van der Waals surface area contributed by atoms with Crippen LogP contribution in [0.25, 0.3) is 23.3 Å². The van der Waals surface area contributed by atoms with E-state index in [1.165, 1.54) is 24.3 Å². The first-order valence-corrected chi connectivity index (χ1v) is 13.9. The zero-order valence-electron chi connectivity index (χ0n) is 24.0. The maximum absolute atomic E-state index is 13.1. The number of aryl methyl sites for hydroxylation is 2. The molecular weight excluding hydrogens is 570 g/mol. The van der Waals surface area contributed by atoms with E-state index in [1.807, 2.05) is 98.8 Å². The van der Waals surface area contributed by atoms with Crippen molar-refractivity contribution < 1.29 is 26.3 Å². The molecule has 0 radical (unpaired) electrons. The Hall–Kier alpha value is -4.84. The fourth-order valence-electron chi connectivity index (χ4n) is 4.83. The second-order valence-corrected chi connectivity index (χ2v) is 10.7. The Labute approximate surface area is 252 Å². The summed E-state index contributed by atoms with van der Waals surface area (Å²) < 4.78 is 78.8. The van der Waals surface area contributed by atoms with Gasteiger partial charge in [0, 0.05) is 0 Å². The summed E-state index contributed by atoms with van der Waals surface area (Å²) in [4.78, 5) is 0. The van der Waals surface area contributed by atoms with Gasteiger partial charge in [-0.15, -0.1) is 0 Å². The Morgan fingerprint density at radius 3 is 0.886 bits per heavy atom. The summed E-state index contributed by atoms with van der Waals surface area (Å²) in [6.07, 6.45) is -5.11. The van der Waals surface area contributed by atoms with E-state index in [1.54, 1.807) is 0 Å². The van der Waals surface area contributed by atoms with Crippen molar-refractivity contribution in [2.45, 2.75) is 26.2 Å². The number of rotatable bonds is 6. The van der Waals surface area contributed by atoms with Crippen LogP contribution in [0.3, 0.4) is 0 Å². The third kappa shape index (κ3) is 7.38. The molecule has 44 heavy (non-hydrogen) atoms. The minimum atomic E-state index is -4.42. The van der Waals surface area contributed by atoms with E-state index >= 15 is 0 Å². The van der Waals surface area contributed by atoms with Crippen LogP contribution < -0.4 is 0 Å². The van der Waals surface area contributed by atoms with E-state index in [9.17, 15) is 26.3 Å². The van der Waals surface area contributed by atoms with Crippen molar-refractivity contribution in [3.05, 3.63) is 177 Å². The lowest BCUT2D eigenvalue weighted by Crippen LogP contribution is -2.04. The fraction of sp³-hybridized carbons (Fsp3) is 0.105. The summed E-state index contributed by atoms with van der Waals surface area (Å²) in [7, 11) is 0. The molecule has 0 aliphatic heterocycles. The highest BCUT2D eigenvalue weighted by molar-refractivity contribution is 5.94. The van der Waals surface area contributed by atoms with E-state index in [4.69, 9.17) is 0 Å². The maximum Gasteiger partial charge on any atom is 0.416 e. The van der Waals surface area contributed by atoms with Gasteiger partial charge in [0.15, 0.2) is 0 Å². The van der Waals surface area contributed by atoms with Crippen molar-refractivity contribution in [2.24, 2.45) is 0 Å². The molecule has 0 N–H and O–H groups in total. The molecule has 5 rings (SSSR count). The molecule has 0 nitrogen and oxygen atoms in total. The lowest BCUT2D eigenvalue weighted by atomic mass is 9.91. The first-order chi connectivity index (χ1) is 20.9. The van der Waals surface area contributed by atoms with E-state index < -0.39 is 23.5 Å². The van der Waals surface area contributed by atoms with Crippen molar-refractivity contribution in [3.8, 4) is 0 Å². The molecule has 5 aromatic rings. The standard InChI is InChI=1S/C38H28F6/c1-25-3-11-29(12-4-25)35(23-27-7-19-33(20-8-27)37(39,40)41)31-15-17-32(18-16-31)36(30-13-5-26(2)6-14-30)24-28-9-21-34(22-10-28)38(42,43)44/h3-24H,1-2H3/b35-23+,36-24+. The molecular formula is C38H28F6. The van der Waals surface area contributed by atoms with Gasteiger partial charge in [-0.1, -0.05) is 108 Å². The smallest absolute Gasteiger partial charge is 0.166 e. The Balaban J connectivity index is 1.56. The van der Waals surface area contributed by atoms with Gasteiger partial charge in [0.2, 0.25) is 0 Å². The third-order valence-electron chi connectivity index (χ3n) is 7.33. The minimum absolute atomic E-state index is 0.625. The Morgan fingerprint density at radius 2 is 0.636 bits per heavy atom. The second-order valence-electron chi connectivity index (χ2n) is 10.7. The number of halogens is 6. The highest BCUT2D eigenvalue weighted by Crippen LogP contribution is 2.34. The van der Waals surface area contributed by atoms with E-state index in [0.717, 1.165) is 68.8 Å². The van der Waals surface area contributed by atoms with E-state index in [-0.39, 0.29) is 0 Å². The average molecular weight is 599 g/mol. The molecule has 0 spiro atoms. The fourth-order valence-corrected chi connectivity index (χ4v) is 4.83. The molecule has 0 aliphatic carbocycles. The maximum atomic E-state index is 13.1. The molecule has 5 aromatic carbocycles. The molecule has 0 bridgehead atoms. The van der Waals surface area contributed by atoms with Gasteiger partial charge in [-0.2, -0.15) is 26.3 Å². The van der Waals surface area contributed by atoms with Gasteiger partial charge in [-0.25, -0.2) is 0 Å². The Kier molecular flexibility index (Phi) is 8.63. The number of alkyl halides is 6. The number of benzene rings is 5. The summed E-state index contributed by atoms with van der Waals surface area (Å²) in [6.45, 7) is 3.96. The van der Waals surface area contributed by atoms with Crippen LogP contribution in [0.1, 0.15) is 55.6 Å². The summed E-state index contributed by atoms with van der Waals surface area (Å²) in [5.74, 6) is 0. The predicted octanol–water partition coefficient (Wildman–Crippen LogP) is 11.5. The average Bonchev–Trinajstić information content (AvgIpc) is 2.99. The highest BCUT2D eigenvalue weighted by Gasteiger charge is 2.30. The number of hydrogen-bond acceptors (Lipinski definition) is 0. The van der Waals surface area contributed by atoms with Crippen LogP contribution in [-0.2, 0) is 12.4 Å². The molecule has 0 amide bonds. The zero-order chi connectivity index (χ0) is 31.5. The van der Waals surface area contributed by atoms with Crippen molar-refractivity contribution in [2.75, 3.05) is 0 Å². The first kappa shape index (κ1) is 30.6. The quantitative estimate of drug-likeness (QED) is 0.135. The van der Waals surface area contributed by atoms with Crippen LogP contribution in [0.4, 0.5) is 26.3 Å². The monoisotopic (exact) mass is 598 g/mol. The third-order valence-corrected chi connectivity index (χ3v) is 7.33. The molecule has 6 heteroatoms. The van der Waals surface area contributed by atoms with Gasteiger partial charge in [-0.05, 0) is 94.8 Å². The zero-order valence-corrected chi connectivity index (χ0v) is 24.0. The SMILES string of the molecule is Cc1ccc(/C(=C\c2ccc(C(F)(F)F)cc2)c2ccc(/C(=C/c3ccc(C(F)(F)F)cc3)c3ccc(C)cc3)cc2)cc1. The lowest BCUT2D eigenvalue weighted by Gasteiger charge is -2.14. The van der Waals surface area contributed by atoms with Crippen molar-refractivity contribution in [3.63, 3.8) is 0 Å². The van der Waals surface area contributed by atoms with Crippen LogP contribution in [-0.4, -0.2) is 0 Å². The second kappa shape index (κ2) is 12.4. The normalized spacial score (nSPS) is 12.8. The first-order valence-electron chi connectivity index (χ1n) is 13.9. The molecule has 0 fully saturated rings. The summed E-state index contributed by atoms with van der Waals surface area (Å²) in [5, 5.41) is 0. The van der Waals surface area contributed by atoms with Gasteiger partial charge in [-0.3, -0.25) is 0 Å². The predicted molar refractivity (Wildman–Crippen MR) is 166 cm³/mol. The van der Waals surface area contributed by atoms with Crippen molar-refractivity contribution >= 4 is 23.3 Å². The van der Waals surface area contributed by atoms with Crippen LogP contribution in [0.15, 0.2) is 121 Å². The number of hydrogen-bond donors (Lipinski definition) is 0. The molecule has 0 aliphatic rings. The molecule has 222 valence electrons. The van der Waals surface area contributed by atoms with Gasteiger partial charge in [0.05, 0.1) is 11.1 Å². The van der Waals surface area contributed by atoms with Crippen LogP contribution in [0.2, 0.25) is 0 Å².